The Morgan fingerprint density at radius 3 is 2.35 bits per heavy atom. The summed E-state index contributed by atoms with van der Waals surface area (Å²) in [6, 6.07) is 4.59. The molecule has 1 aliphatic rings. The molecule has 0 radical (unpaired) electrons. The Morgan fingerprint density at radius 2 is 1.75 bits per heavy atom. The number of nitrogens with one attached hydrogen (secondary N) is 1. The Kier molecular flexibility index (Phi) is 5.57. The van der Waals surface area contributed by atoms with Crippen molar-refractivity contribution in [2.45, 2.75) is 63.7 Å². The standard InChI is InChI=1S/C16H28N2S2/c1-12-9-18(10-13(2)19-12)11-15-7-6-14(20-15)8-17-16(3,4)5/h6-7,12-13,17H,8-11H2,1-5H3. The van der Waals surface area contributed by atoms with Gasteiger partial charge in [0.2, 0.25) is 0 Å². The van der Waals surface area contributed by atoms with Crippen molar-refractivity contribution in [1.82, 2.24) is 10.2 Å². The lowest BCUT2D eigenvalue weighted by Crippen LogP contribution is -2.39. The predicted octanol–water partition coefficient (Wildman–Crippen LogP) is 3.96. The lowest BCUT2D eigenvalue weighted by atomic mass is 10.1. The van der Waals surface area contributed by atoms with Gasteiger partial charge >= 0.3 is 0 Å². The van der Waals surface area contributed by atoms with Crippen molar-refractivity contribution in [2.24, 2.45) is 0 Å². The van der Waals surface area contributed by atoms with Crippen molar-refractivity contribution in [3.05, 3.63) is 21.9 Å². The molecule has 2 atom stereocenters. The first-order valence-electron chi connectivity index (χ1n) is 7.52. The number of nitrogens with zero attached hydrogens (tertiary/aromatic N) is 1. The molecule has 0 amide bonds. The van der Waals surface area contributed by atoms with Crippen molar-refractivity contribution in [3.8, 4) is 0 Å². The number of hydrogen-bond acceptors (Lipinski definition) is 4. The lowest BCUT2D eigenvalue weighted by molar-refractivity contribution is 0.265. The highest BCUT2D eigenvalue weighted by Crippen LogP contribution is 2.27. The van der Waals surface area contributed by atoms with Gasteiger partial charge in [-0.15, -0.1) is 11.3 Å². The van der Waals surface area contributed by atoms with Crippen LogP contribution in [0.2, 0.25) is 0 Å². The third kappa shape index (κ3) is 5.40. The SMILES string of the molecule is CC1CN(Cc2ccc(CNC(C)(C)C)s2)CC(C)S1. The van der Waals surface area contributed by atoms with Gasteiger partial charge < -0.3 is 5.32 Å². The molecule has 2 rings (SSSR count). The zero-order chi connectivity index (χ0) is 14.8. The molecule has 2 nitrogen and oxygen atoms in total. The van der Waals surface area contributed by atoms with Gasteiger partial charge in [-0.1, -0.05) is 13.8 Å². The molecule has 1 aromatic rings. The molecule has 1 fully saturated rings. The third-order valence-corrected chi connectivity index (χ3v) is 5.68. The Balaban J connectivity index is 1.86. The Labute approximate surface area is 132 Å². The predicted molar refractivity (Wildman–Crippen MR) is 92.7 cm³/mol. The maximum absolute atomic E-state index is 3.56. The van der Waals surface area contributed by atoms with Crippen molar-refractivity contribution in [2.75, 3.05) is 13.1 Å². The Morgan fingerprint density at radius 1 is 1.15 bits per heavy atom. The first kappa shape index (κ1) is 16.3. The minimum atomic E-state index is 0.194. The highest BCUT2D eigenvalue weighted by Gasteiger charge is 2.22. The van der Waals surface area contributed by atoms with E-state index in [-0.39, 0.29) is 5.54 Å². The Hall–Kier alpha value is -0.0300. The van der Waals surface area contributed by atoms with Gasteiger partial charge in [0.1, 0.15) is 0 Å². The summed E-state index contributed by atoms with van der Waals surface area (Å²) < 4.78 is 0. The maximum Gasteiger partial charge on any atom is 0.0328 e. The van der Waals surface area contributed by atoms with Crippen LogP contribution in [0.4, 0.5) is 0 Å². The molecule has 0 aromatic carbocycles. The van der Waals surface area contributed by atoms with Crippen molar-refractivity contribution < 1.29 is 0 Å². The lowest BCUT2D eigenvalue weighted by Gasteiger charge is -2.34. The van der Waals surface area contributed by atoms with Gasteiger partial charge in [0, 0.05) is 52.0 Å². The van der Waals surface area contributed by atoms with Gasteiger partial charge in [0.15, 0.2) is 0 Å². The van der Waals surface area contributed by atoms with Crippen molar-refractivity contribution in [3.63, 3.8) is 0 Å². The fraction of sp³-hybridized carbons (Fsp3) is 0.750. The fourth-order valence-electron chi connectivity index (χ4n) is 2.59. The summed E-state index contributed by atoms with van der Waals surface area (Å²) in [6.45, 7) is 15.9. The largest absolute Gasteiger partial charge is 0.307 e. The molecular weight excluding hydrogens is 284 g/mol. The average molecular weight is 313 g/mol. The summed E-state index contributed by atoms with van der Waals surface area (Å²) in [5.41, 5.74) is 0.194. The maximum atomic E-state index is 3.56. The van der Waals surface area contributed by atoms with E-state index >= 15 is 0 Å². The van der Waals surface area contributed by atoms with E-state index in [1.165, 1.54) is 22.8 Å². The minimum Gasteiger partial charge on any atom is -0.307 e. The highest BCUT2D eigenvalue weighted by molar-refractivity contribution is 8.00. The van der Waals surface area contributed by atoms with E-state index in [0.717, 1.165) is 23.6 Å². The molecule has 1 aliphatic heterocycles. The summed E-state index contributed by atoms with van der Waals surface area (Å²) >= 11 is 4.08. The van der Waals surface area contributed by atoms with E-state index in [4.69, 9.17) is 0 Å². The summed E-state index contributed by atoms with van der Waals surface area (Å²) in [5, 5.41) is 5.09. The summed E-state index contributed by atoms with van der Waals surface area (Å²) in [6.07, 6.45) is 0. The van der Waals surface area contributed by atoms with Crippen LogP contribution in [0.15, 0.2) is 12.1 Å². The molecule has 0 bridgehead atoms. The summed E-state index contributed by atoms with van der Waals surface area (Å²) in [7, 11) is 0. The summed E-state index contributed by atoms with van der Waals surface area (Å²) in [5.74, 6) is 0. The van der Waals surface area contributed by atoms with E-state index in [2.05, 4.69) is 68.7 Å². The van der Waals surface area contributed by atoms with Crippen molar-refractivity contribution in [1.29, 1.82) is 0 Å². The number of thioether (sulfide) groups is 1. The zero-order valence-electron chi connectivity index (χ0n) is 13.4. The first-order valence-corrected chi connectivity index (χ1v) is 9.28. The van der Waals surface area contributed by atoms with E-state index in [9.17, 15) is 0 Å². The van der Waals surface area contributed by atoms with Crippen LogP contribution in [0, 0.1) is 0 Å². The van der Waals surface area contributed by atoms with E-state index in [1.807, 2.05) is 11.3 Å². The van der Waals surface area contributed by atoms with Gasteiger partial charge in [0.25, 0.3) is 0 Å². The second-order valence-electron chi connectivity index (χ2n) is 6.92. The second-order valence-corrected chi connectivity index (χ2v) is 10.1. The minimum absolute atomic E-state index is 0.194. The molecule has 2 heterocycles. The monoisotopic (exact) mass is 312 g/mol. The second kappa shape index (κ2) is 6.82. The van der Waals surface area contributed by atoms with Crippen LogP contribution in [0.3, 0.4) is 0 Å². The highest BCUT2D eigenvalue weighted by atomic mass is 32.2. The molecule has 1 N–H and O–H groups in total. The quantitative estimate of drug-likeness (QED) is 0.906. The molecule has 2 unspecified atom stereocenters. The van der Waals surface area contributed by atoms with Crippen LogP contribution in [0.1, 0.15) is 44.4 Å². The molecule has 1 saturated heterocycles. The van der Waals surface area contributed by atoms with Crippen LogP contribution in [-0.4, -0.2) is 34.0 Å². The topological polar surface area (TPSA) is 15.3 Å². The smallest absolute Gasteiger partial charge is 0.0328 e. The normalized spacial score (nSPS) is 25.1. The number of rotatable bonds is 4. The molecule has 4 heteroatoms. The molecule has 1 aromatic heterocycles. The molecule has 0 spiro atoms. The first-order chi connectivity index (χ1) is 9.32. The van der Waals surface area contributed by atoms with E-state index in [1.54, 1.807) is 0 Å². The van der Waals surface area contributed by atoms with Gasteiger partial charge in [-0.2, -0.15) is 11.8 Å². The third-order valence-electron chi connectivity index (χ3n) is 3.38. The van der Waals surface area contributed by atoms with Crippen LogP contribution in [-0.2, 0) is 13.1 Å². The van der Waals surface area contributed by atoms with Crippen LogP contribution in [0.25, 0.3) is 0 Å². The van der Waals surface area contributed by atoms with Gasteiger partial charge in [-0.25, -0.2) is 0 Å². The van der Waals surface area contributed by atoms with E-state index < -0.39 is 0 Å². The molecule has 0 aliphatic carbocycles. The molecular formula is C16H28N2S2. The van der Waals surface area contributed by atoms with Crippen LogP contribution >= 0.6 is 23.1 Å². The molecule has 114 valence electrons. The molecule has 0 saturated carbocycles. The van der Waals surface area contributed by atoms with Gasteiger partial charge in [0.05, 0.1) is 0 Å². The zero-order valence-corrected chi connectivity index (χ0v) is 15.0. The summed E-state index contributed by atoms with van der Waals surface area (Å²) in [4.78, 5) is 5.56. The average Bonchev–Trinajstić information content (AvgIpc) is 2.72. The van der Waals surface area contributed by atoms with E-state index in [0.29, 0.717) is 0 Å². The van der Waals surface area contributed by atoms with Crippen LogP contribution in [0.5, 0.6) is 0 Å². The number of hydrogen-bond donors (Lipinski definition) is 1. The molecule has 20 heavy (non-hydrogen) atoms. The van der Waals surface area contributed by atoms with Crippen LogP contribution < -0.4 is 5.32 Å². The Bertz CT molecular complexity index is 412. The fourth-order valence-corrected chi connectivity index (χ4v) is 4.98. The van der Waals surface area contributed by atoms with Crippen molar-refractivity contribution >= 4 is 23.1 Å². The van der Waals surface area contributed by atoms with Gasteiger partial charge in [-0.05, 0) is 32.9 Å². The van der Waals surface area contributed by atoms with Gasteiger partial charge in [-0.3, -0.25) is 4.90 Å². The number of thiophene rings is 1.